The molecular weight excluding hydrogens is 216 g/mol. The van der Waals surface area contributed by atoms with Crippen molar-refractivity contribution in [3.63, 3.8) is 0 Å². The van der Waals surface area contributed by atoms with Gasteiger partial charge in [0.05, 0.1) is 12.3 Å². The van der Waals surface area contributed by atoms with Gasteiger partial charge in [0.1, 0.15) is 5.82 Å². The minimum atomic E-state index is 0.452. The number of aromatic nitrogens is 2. The van der Waals surface area contributed by atoms with Crippen LogP contribution in [0, 0.1) is 0 Å². The molecule has 17 heavy (non-hydrogen) atoms. The molecule has 5 nitrogen and oxygen atoms in total. The molecular formula is C12H20N4O. The fourth-order valence-corrected chi connectivity index (χ4v) is 1.89. The number of anilines is 1. The lowest BCUT2D eigenvalue weighted by atomic mass is 10.1. The van der Waals surface area contributed by atoms with E-state index >= 15 is 0 Å². The minimum absolute atomic E-state index is 0.452. The van der Waals surface area contributed by atoms with Crippen molar-refractivity contribution in [3.05, 3.63) is 18.6 Å². The largest absolute Gasteiger partial charge is 0.378 e. The van der Waals surface area contributed by atoms with Gasteiger partial charge in [-0.2, -0.15) is 0 Å². The van der Waals surface area contributed by atoms with Crippen LogP contribution in [-0.2, 0) is 4.74 Å². The molecule has 0 aromatic carbocycles. The van der Waals surface area contributed by atoms with Gasteiger partial charge < -0.3 is 15.4 Å². The van der Waals surface area contributed by atoms with Gasteiger partial charge in [0.15, 0.2) is 0 Å². The van der Waals surface area contributed by atoms with Crippen LogP contribution in [0.5, 0.6) is 0 Å². The number of hydrogen-bond acceptors (Lipinski definition) is 5. The van der Waals surface area contributed by atoms with Gasteiger partial charge in [-0.15, -0.1) is 0 Å². The van der Waals surface area contributed by atoms with E-state index in [0.29, 0.717) is 6.10 Å². The number of rotatable bonds is 6. The maximum atomic E-state index is 5.80. The van der Waals surface area contributed by atoms with Crippen molar-refractivity contribution in [1.29, 1.82) is 0 Å². The molecule has 0 bridgehead atoms. The van der Waals surface area contributed by atoms with Gasteiger partial charge in [-0.25, -0.2) is 4.98 Å². The molecule has 0 saturated carbocycles. The first-order valence-electron chi connectivity index (χ1n) is 6.27. The summed E-state index contributed by atoms with van der Waals surface area (Å²) < 4.78 is 5.80. The normalized spacial score (nSPS) is 16.9. The van der Waals surface area contributed by atoms with Gasteiger partial charge in [0.25, 0.3) is 0 Å². The van der Waals surface area contributed by atoms with Crippen LogP contribution in [0.1, 0.15) is 19.3 Å². The summed E-state index contributed by atoms with van der Waals surface area (Å²) >= 11 is 0. The van der Waals surface area contributed by atoms with E-state index in [-0.39, 0.29) is 0 Å². The Bertz CT molecular complexity index is 301. The Hall–Kier alpha value is -1.20. The molecule has 94 valence electrons. The quantitative estimate of drug-likeness (QED) is 0.723. The van der Waals surface area contributed by atoms with E-state index in [2.05, 4.69) is 20.6 Å². The summed E-state index contributed by atoms with van der Waals surface area (Å²) in [4.78, 5) is 8.14. The number of hydrogen-bond donors (Lipinski definition) is 2. The van der Waals surface area contributed by atoms with Crippen LogP contribution in [0.25, 0.3) is 0 Å². The first-order chi connectivity index (χ1) is 8.45. The Balaban J connectivity index is 1.51. The molecule has 2 rings (SSSR count). The maximum absolute atomic E-state index is 5.80. The first-order valence-corrected chi connectivity index (χ1v) is 6.27. The summed E-state index contributed by atoms with van der Waals surface area (Å²) in [5, 5.41) is 6.55. The Morgan fingerprint density at radius 3 is 3.00 bits per heavy atom. The molecule has 1 aliphatic rings. The lowest BCUT2D eigenvalue weighted by Gasteiger charge is -2.22. The smallest absolute Gasteiger partial charge is 0.144 e. The van der Waals surface area contributed by atoms with Gasteiger partial charge >= 0.3 is 0 Å². The van der Waals surface area contributed by atoms with E-state index in [1.165, 1.54) is 0 Å². The van der Waals surface area contributed by atoms with Crippen LogP contribution >= 0.6 is 0 Å². The highest BCUT2D eigenvalue weighted by Crippen LogP contribution is 2.07. The number of piperidine rings is 1. The zero-order valence-corrected chi connectivity index (χ0v) is 10.1. The fraction of sp³-hybridized carbons (Fsp3) is 0.667. The molecule has 1 aromatic rings. The highest BCUT2D eigenvalue weighted by Gasteiger charge is 2.12. The molecule has 0 amide bonds. The average Bonchev–Trinajstić information content (AvgIpc) is 2.41. The summed E-state index contributed by atoms with van der Waals surface area (Å²) in [5.74, 6) is 0.828. The van der Waals surface area contributed by atoms with Crippen LogP contribution in [0.15, 0.2) is 18.6 Å². The zero-order chi connectivity index (χ0) is 11.8. The summed E-state index contributed by atoms with van der Waals surface area (Å²) in [6.07, 6.45) is 8.82. The van der Waals surface area contributed by atoms with E-state index in [4.69, 9.17) is 4.74 Å². The van der Waals surface area contributed by atoms with Gasteiger partial charge in [0.2, 0.25) is 0 Å². The summed E-state index contributed by atoms with van der Waals surface area (Å²) in [5.41, 5.74) is 0. The Morgan fingerprint density at radius 2 is 2.24 bits per heavy atom. The summed E-state index contributed by atoms with van der Waals surface area (Å²) in [6, 6.07) is 0. The maximum Gasteiger partial charge on any atom is 0.144 e. The van der Waals surface area contributed by atoms with Crippen LogP contribution in [0.4, 0.5) is 5.82 Å². The second-order valence-electron chi connectivity index (χ2n) is 4.19. The van der Waals surface area contributed by atoms with Crippen molar-refractivity contribution >= 4 is 5.82 Å². The standard InChI is InChI=1S/C12H20N4O/c1(4-15-12-10-14-7-8-16-12)9-17-11-2-5-13-6-3-11/h7-8,10-11,13H,1-6,9H2,(H,15,16). The molecule has 0 atom stereocenters. The lowest BCUT2D eigenvalue weighted by molar-refractivity contribution is 0.0329. The molecule has 1 aromatic heterocycles. The fourth-order valence-electron chi connectivity index (χ4n) is 1.89. The molecule has 0 spiro atoms. The molecule has 1 fully saturated rings. The Morgan fingerprint density at radius 1 is 1.35 bits per heavy atom. The Labute approximate surface area is 102 Å². The monoisotopic (exact) mass is 236 g/mol. The third-order valence-corrected chi connectivity index (χ3v) is 2.83. The van der Waals surface area contributed by atoms with Gasteiger partial charge in [0, 0.05) is 25.5 Å². The third kappa shape index (κ3) is 4.66. The van der Waals surface area contributed by atoms with Crippen LogP contribution < -0.4 is 10.6 Å². The van der Waals surface area contributed by atoms with Gasteiger partial charge in [-0.05, 0) is 32.4 Å². The molecule has 2 heterocycles. The highest BCUT2D eigenvalue weighted by molar-refractivity contribution is 5.29. The molecule has 1 aliphatic heterocycles. The lowest BCUT2D eigenvalue weighted by Crippen LogP contribution is -2.32. The second kappa shape index (κ2) is 7.19. The van der Waals surface area contributed by atoms with E-state index < -0.39 is 0 Å². The summed E-state index contributed by atoms with van der Waals surface area (Å²) in [6.45, 7) is 3.87. The second-order valence-corrected chi connectivity index (χ2v) is 4.19. The van der Waals surface area contributed by atoms with E-state index in [1.807, 2.05) is 0 Å². The molecule has 0 unspecified atom stereocenters. The van der Waals surface area contributed by atoms with Crippen LogP contribution in [-0.4, -0.2) is 42.3 Å². The van der Waals surface area contributed by atoms with Crippen LogP contribution in [0.2, 0.25) is 0 Å². The average molecular weight is 236 g/mol. The molecule has 5 heteroatoms. The van der Waals surface area contributed by atoms with Crippen LogP contribution in [0.3, 0.4) is 0 Å². The predicted octanol–water partition coefficient (Wildman–Crippen LogP) is 1.05. The SMILES string of the molecule is c1cnc(NCCCOC2CCNCC2)cn1. The highest BCUT2D eigenvalue weighted by atomic mass is 16.5. The van der Waals surface area contributed by atoms with Crippen molar-refractivity contribution in [1.82, 2.24) is 15.3 Å². The topological polar surface area (TPSA) is 59.1 Å². The van der Waals surface area contributed by atoms with Crippen molar-refractivity contribution < 1.29 is 4.74 Å². The number of ether oxygens (including phenoxy) is 1. The van der Waals surface area contributed by atoms with Gasteiger partial charge in [-0.3, -0.25) is 4.98 Å². The minimum Gasteiger partial charge on any atom is -0.378 e. The van der Waals surface area contributed by atoms with Crippen molar-refractivity contribution in [2.24, 2.45) is 0 Å². The van der Waals surface area contributed by atoms with E-state index in [9.17, 15) is 0 Å². The molecule has 1 saturated heterocycles. The Kier molecular flexibility index (Phi) is 5.19. The zero-order valence-electron chi connectivity index (χ0n) is 10.1. The van der Waals surface area contributed by atoms with E-state index in [1.54, 1.807) is 18.6 Å². The van der Waals surface area contributed by atoms with Gasteiger partial charge in [-0.1, -0.05) is 0 Å². The summed E-state index contributed by atoms with van der Waals surface area (Å²) in [7, 11) is 0. The van der Waals surface area contributed by atoms with Crippen molar-refractivity contribution in [3.8, 4) is 0 Å². The third-order valence-electron chi connectivity index (χ3n) is 2.83. The van der Waals surface area contributed by atoms with Crippen molar-refractivity contribution in [2.45, 2.75) is 25.4 Å². The molecule has 0 aliphatic carbocycles. The first kappa shape index (κ1) is 12.3. The predicted molar refractivity (Wildman–Crippen MR) is 67.0 cm³/mol. The molecule has 0 radical (unpaired) electrons. The van der Waals surface area contributed by atoms with Crippen molar-refractivity contribution in [2.75, 3.05) is 31.6 Å². The molecule has 2 N–H and O–H groups in total. The number of nitrogens with one attached hydrogen (secondary N) is 2. The number of nitrogens with zero attached hydrogens (tertiary/aromatic N) is 2. The van der Waals surface area contributed by atoms with E-state index in [0.717, 1.165) is 51.3 Å².